The number of hydrogen-bond donors (Lipinski definition) is 1. The molecule has 0 unspecified atom stereocenters. The van der Waals surface area contributed by atoms with Gasteiger partial charge in [-0.25, -0.2) is 4.79 Å². The molecule has 0 aliphatic carbocycles. The van der Waals surface area contributed by atoms with E-state index in [-0.39, 0.29) is 10.7 Å². The number of ether oxygens (including phenoxy) is 1. The molecule has 0 saturated carbocycles. The molecule has 19 heavy (non-hydrogen) atoms. The summed E-state index contributed by atoms with van der Waals surface area (Å²) in [6.07, 6.45) is 0. The first-order valence-corrected chi connectivity index (χ1v) is 6.44. The smallest absolute Gasteiger partial charge is 0.354 e. The van der Waals surface area contributed by atoms with Crippen molar-refractivity contribution in [3.05, 3.63) is 22.1 Å². The average Bonchev–Trinajstić information content (AvgIpc) is 2.82. The molecule has 0 spiro atoms. The third-order valence-electron chi connectivity index (χ3n) is 2.74. The number of carbonyl (C=O) groups is 1. The van der Waals surface area contributed by atoms with Crippen LogP contribution in [-0.4, -0.2) is 52.0 Å². The van der Waals surface area contributed by atoms with Crippen LogP contribution in [-0.2, 0) is 4.74 Å². The fraction of sp³-hybridized carbons (Fsp3) is 0.400. The van der Waals surface area contributed by atoms with Gasteiger partial charge in [0.1, 0.15) is 0 Å². The zero-order valence-corrected chi connectivity index (χ0v) is 10.6. The number of anilines is 1. The molecule has 1 aliphatic heterocycles. The van der Waals surface area contributed by atoms with Gasteiger partial charge in [-0.2, -0.15) is 9.50 Å². The highest BCUT2D eigenvalue weighted by molar-refractivity contribution is 7.20. The Kier molecular flexibility index (Phi) is 2.91. The third-order valence-corrected chi connectivity index (χ3v) is 3.71. The number of aromatic nitrogens is 3. The Morgan fingerprint density at radius 2 is 2.16 bits per heavy atom. The number of nitrogens with zero attached hydrogens (tertiary/aromatic N) is 4. The van der Waals surface area contributed by atoms with Crippen LogP contribution >= 0.6 is 11.3 Å². The van der Waals surface area contributed by atoms with E-state index in [4.69, 9.17) is 9.84 Å². The maximum absolute atomic E-state index is 11.4. The predicted molar refractivity (Wildman–Crippen MR) is 67.1 cm³/mol. The van der Waals surface area contributed by atoms with Crippen LogP contribution in [0.5, 0.6) is 0 Å². The first kappa shape index (κ1) is 12.1. The van der Waals surface area contributed by atoms with Crippen LogP contribution in [0.1, 0.15) is 10.5 Å². The third kappa shape index (κ3) is 2.17. The van der Waals surface area contributed by atoms with Gasteiger partial charge in [0.2, 0.25) is 10.1 Å². The van der Waals surface area contributed by atoms with Gasteiger partial charge in [0.15, 0.2) is 5.69 Å². The SMILES string of the molecule is O=C(O)c1cc(=O)nc2sc(N3CCOCC3)nn12. The highest BCUT2D eigenvalue weighted by Gasteiger charge is 2.19. The van der Waals surface area contributed by atoms with Crippen LogP contribution in [0, 0.1) is 0 Å². The quantitative estimate of drug-likeness (QED) is 0.806. The fourth-order valence-corrected chi connectivity index (χ4v) is 2.80. The lowest BCUT2D eigenvalue weighted by atomic mass is 10.4. The summed E-state index contributed by atoms with van der Waals surface area (Å²) in [6, 6.07) is 0.970. The minimum atomic E-state index is -1.20. The van der Waals surface area contributed by atoms with Gasteiger partial charge in [0.25, 0.3) is 5.56 Å². The second-order valence-corrected chi connectivity index (χ2v) is 4.90. The Hall–Kier alpha value is -2.00. The molecule has 2 aromatic heterocycles. The van der Waals surface area contributed by atoms with E-state index >= 15 is 0 Å². The van der Waals surface area contributed by atoms with E-state index < -0.39 is 11.5 Å². The van der Waals surface area contributed by atoms with E-state index in [9.17, 15) is 9.59 Å². The van der Waals surface area contributed by atoms with E-state index in [2.05, 4.69) is 10.1 Å². The van der Waals surface area contributed by atoms with Crippen molar-refractivity contribution in [2.24, 2.45) is 0 Å². The lowest BCUT2D eigenvalue weighted by molar-refractivity contribution is 0.0687. The van der Waals surface area contributed by atoms with Gasteiger partial charge >= 0.3 is 5.97 Å². The van der Waals surface area contributed by atoms with E-state index in [0.29, 0.717) is 31.4 Å². The Morgan fingerprint density at radius 1 is 1.42 bits per heavy atom. The zero-order valence-electron chi connectivity index (χ0n) is 9.77. The normalized spacial score (nSPS) is 15.9. The first-order valence-electron chi connectivity index (χ1n) is 5.62. The maximum Gasteiger partial charge on any atom is 0.354 e. The molecule has 1 saturated heterocycles. The molecule has 1 N–H and O–H groups in total. The number of morpholine rings is 1. The summed E-state index contributed by atoms with van der Waals surface area (Å²) < 4.78 is 6.44. The molecule has 8 nitrogen and oxygen atoms in total. The summed E-state index contributed by atoms with van der Waals surface area (Å²) >= 11 is 1.20. The largest absolute Gasteiger partial charge is 0.477 e. The molecule has 100 valence electrons. The van der Waals surface area contributed by atoms with Gasteiger partial charge in [0.05, 0.1) is 13.2 Å². The Labute approximate surface area is 110 Å². The minimum Gasteiger partial charge on any atom is -0.477 e. The van der Waals surface area contributed by atoms with E-state index in [1.54, 1.807) is 0 Å². The number of carboxylic acids is 1. The molecule has 0 amide bonds. The van der Waals surface area contributed by atoms with Crippen molar-refractivity contribution < 1.29 is 14.6 Å². The topological polar surface area (TPSA) is 97.0 Å². The lowest BCUT2D eigenvalue weighted by Gasteiger charge is -2.25. The van der Waals surface area contributed by atoms with Crippen LogP contribution in [0.2, 0.25) is 0 Å². The van der Waals surface area contributed by atoms with Crippen molar-refractivity contribution in [2.45, 2.75) is 0 Å². The standard InChI is InChI=1S/C10H10N4O4S/c15-7-5-6(8(16)17)14-9(11-7)19-10(12-14)13-1-3-18-4-2-13/h5H,1-4H2,(H,16,17). The Morgan fingerprint density at radius 3 is 2.84 bits per heavy atom. The molecule has 0 bridgehead atoms. The second-order valence-electron chi connectivity index (χ2n) is 3.96. The molecule has 3 heterocycles. The molecule has 0 radical (unpaired) electrons. The predicted octanol–water partition coefficient (Wildman–Crippen LogP) is -0.314. The van der Waals surface area contributed by atoms with Crippen molar-refractivity contribution >= 4 is 27.4 Å². The minimum absolute atomic E-state index is 0.175. The molecule has 3 rings (SSSR count). The van der Waals surface area contributed by atoms with Crippen LogP contribution in [0.25, 0.3) is 4.96 Å². The van der Waals surface area contributed by atoms with Crippen molar-refractivity contribution in [2.75, 3.05) is 31.2 Å². The first-order chi connectivity index (χ1) is 9.15. The molecule has 0 atom stereocenters. The van der Waals surface area contributed by atoms with Crippen LogP contribution in [0.4, 0.5) is 5.13 Å². The Balaban J connectivity index is 2.11. The van der Waals surface area contributed by atoms with E-state index in [1.165, 1.54) is 15.9 Å². The maximum atomic E-state index is 11.4. The summed E-state index contributed by atoms with van der Waals surface area (Å²) in [6.45, 7) is 2.58. The van der Waals surface area contributed by atoms with Crippen LogP contribution in [0.3, 0.4) is 0 Å². The molecular formula is C10H10N4O4S. The van der Waals surface area contributed by atoms with Crippen LogP contribution < -0.4 is 10.5 Å². The van der Waals surface area contributed by atoms with Gasteiger partial charge in [0, 0.05) is 19.2 Å². The molecule has 9 heteroatoms. The van der Waals surface area contributed by atoms with Gasteiger partial charge in [-0.05, 0) is 0 Å². The number of carboxylic acid groups (broad SMARTS) is 1. The van der Waals surface area contributed by atoms with Crippen LogP contribution in [0.15, 0.2) is 10.9 Å². The van der Waals surface area contributed by atoms with Gasteiger partial charge in [-0.1, -0.05) is 11.3 Å². The molecular weight excluding hydrogens is 272 g/mol. The molecule has 1 fully saturated rings. The summed E-state index contributed by atoms with van der Waals surface area (Å²) in [5, 5.41) is 13.9. The summed E-state index contributed by atoms with van der Waals surface area (Å²) in [5.74, 6) is -1.20. The van der Waals surface area contributed by atoms with Crippen molar-refractivity contribution in [3.8, 4) is 0 Å². The number of hydrogen-bond acceptors (Lipinski definition) is 7. The Bertz CT molecular complexity index is 688. The highest BCUT2D eigenvalue weighted by Crippen LogP contribution is 2.23. The fourth-order valence-electron chi connectivity index (χ4n) is 1.84. The van der Waals surface area contributed by atoms with Gasteiger partial charge in [-0.3, -0.25) is 4.79 Å². The van der Waals surface area contributed by atoms with Gasteiger partial charge < -0.3 is 14.7 Å². The zero-order chi connectivity index (χ0) is 13.4. The summed E-state index contributed by atoms with van der Waals surface area (Å²) in [7, 11) is 0. The number of fused-ring (bicyclic) bond motifs is 1. The summed E-state index contributed by atoms with van der Waals surface area (Å²) in [4.78, 5) is 28.5. The second kappa shape index (κ2) is 4.59. The number of rotatable bonds is 2. The molecule has 1 aliphatic rings. The van der Waals surface area contributed by atoms with Crippen molar-refractivity contribution in [1.82, 2.24) is 14.6 Å². The molecule has 2 aromatic rings. The van der Waals surface area contributed by atoms with E-state index in [0.717, 1.165) is 6.07 Å². The lowest BCUT2D eigenvalue weighted by Crippen LogP contribution is -2.36. The average molecular weight is 282 g/mol. The van der Waals surface area contributed by atoms with Crippen molar-refractivity contribution in [1.29, 1.82) is 0 Å². The van der Waals surface area contributed by atoms with Crippen molar-refractivity contribution in [3.63, 3.8) is 0 Å². The van der Waals surface area contributed by atoms with Gasteiger partial charge in [-0.15, -0.1) is 5.10 Å². The van der Waals surface area contributed by atoms with E-state index in [1.807, 2.05) is 4.90 Å². The highest BCUT2D eigenvalue weighted by atomic mass is 32.1. The monoisotopic (exact) mass is 282 g/mol. The summed E-state index contributed by atoms with van der Waals surface area (Å²) in [5.41, 5.74) is -0.750. The number of aromatic carboxylic acids is 1. The molecule has 0 aromatic carbocycles.